The first-order valence-electron chi connectivity index (χ1n) is 5.33. The molecule has 0 fully saturated rings. The number of hydrogen-bond donors (Lipinski definition) is 2. The van der Waals surface area contributed by atoms with Gasteiger partial charge in [-0.15, -0.1) is 11.3 Å². The summed E-state index contributed by atoms with van der Waals surface area (Å²) in [5.41, 5.74) is 6.13. The highest BCUT2D eigenvalue weighted by Crippen LogP contribution is 2.30. The monoisotopic (exact) mass is 264 g/mol. The molecule has 2 rings (SSSR count). The minimum atomic E-state index is -0.471. The van der Waals surface area contributed by atoms with Gasteiger partial charge in [0, 0.05) is 24.5 Å². The first-order chi connectivity index (χ1) is 8.68. The summed E-state index contributed by atoms with van der Waals surface area (Å²) in [5.74, 6) is 0. The van der Waals surface area contributed by atoms with Gasteiger partial charge in [0.25, 0.3) is 0 Å². The zero-order valence-electron chi connectivity index (χ0n) is 9.50. The van der Waals surface area contributed by atoms with Crippen molar-refractivity contribution in [1.82, 2.24) is 4.98 Å². The summed E-state index contributed by atoms with van der Waals surface area (Å²) < 4.78 is 0. The van der Waals surface area contributed by atoms with Crippen LogP contribution in [0.5, 0.6) is 0 Å². The molecule has 0 saturated heterocycles. The number of nitro groups is 1. The van der Waals surface area contributed by atoms with Gasteiger partial charge in [0.05, 0.1) is 9.93 Å². The number of nitrogen functional groups attached to an aromatic ring is 1. The molecule has 0 radical (unpaired) electrons. The minimum Gasteiger partial charge on any atom is -0.393 e. The summed E-state index contributed by atoms with van der Waals surface area (Å²) in [5, 5.41) is 16.8. The fourth-order valence-electron chi connectivity index (χ4n) is 1.59. The number of para-hydroxylation sites is 1. The summed E-state index contributed by atoms with van der Waals surface area (Å²) in [6, 6.07) is 4.86. The Balaban J connectivity index is 2.05. The highest BCUT2D eigenvalue weighted by molar-refractivity contribution is 7.09. The fourth-order valence-corrected chi connectivity index (χ4v) is 2.21. The van der Waals surface area contributed by atoms with E-state index >= 15 is 0 Å². The Morgan fingerprint density at radius 2 is 2.33 bits per heavy atom. The number of nitrogens with two attached hydrogens (primary N) is 1. The Hall–Kier alpha value is -2.15. The summed E-state index contributed by atoms with van der Waals surface area (Å²) in [4.78, 5) is 14.6. The topological polar surface area (TPSA) is 94.1 Å². The molecule has 1 aromatic carbocycles. The molecule has 0 amide bonds. The number of nitrogens with one attached hydrogen (secondary N) is 1. The van der Waals surface area contributed by atoms with Crippen molar-refractivity contribution in [3.63, 3.8) is 0 Å². The largest absolute Gasteiger partial charge is 0.393 e. The van der Waals surface area contributed by atoms with Crippen LogP contribution in [-0.2, 0) is 6.42 Å². The molecule has 94 valence electrons. The fraction of sp³-hybridized carbons (Fsp3) is 0.182. The standard InChI is InChI=1S/C11H12N4O2S/c12-8-2-1-3-9(11(8)15(16)17)13-5-4-10-14-6-7-18-10/h1-3,6-7,13H,4-5,12H2. The van der Waals surface area contributed by atoms with E-state index in [1.54, 1.807) is 29.7 Å². The third kappa shape index (κ3) is 2.75. The van der Waals surface area contributed by atoms with Crippen molar-refractivity contribution >= 4 is 28.4 Å². The van der Waals surface area contributed by atoms with Gasteiger partial charge in [-0.3, -0.25) is 10.1 Å². The SMILES string of the molecule is Nc1cccc(NCCc2nccs2)c1[N+](=O)[O-]. The Bertz CT molecular complexity index is 542. The number of aromatic nitrogens is 1. The van der Waals surface area contributed by atoms with Crippen molar-refractivity contribution in [3.05, 3.63) is 44.9 Å². The van der Waals surface area contributed by atoms with E-state index in [1.165, 1.54) is 6.07 Å². The predicted octanol–water partition coefficient (Wildman–Crippen LogP) is 2.29. The van der Waals surface area contributed by atoms with Crippen molar-refractivity contribution < 1.29 is 4.92 Å². The van der Waals surface area contributed by atoms with Crippen molar-refractivity contribution in [2.24, 2.45) is 0 Å². The van der Waals surface area contributed by atoms with Crippen LogP contribution in [-0.4, -0.2) is 16.5 Å². The van der Waals surface area contributed by atoms with Crippen molar-refractivity contribution in [3.8, 4) is 0 Å². The normalized spacial score (nSPS) is 10.2. The first-order valence-corrected chi connectivity index (χ1v) is 6.21. The molecule has 1 aromatic heterocycles. The Morgan fingerprint density at radius 3 is 3.00 bits per heavy atom. The summed E-state index contributed by atoms with van der Waals surface area (Å²) in [6.45, 7) is 0.581. The summed E-state index contributed by atoms with van der Waals surface area (Å²) >= 11 is 1.56. The maximum Gasteiger partial charge on any atom is 0.314 e. The lowest BCUT2D eigenvalue weighted by Gasteiger charge is -2.07. The first kappa shape index (κ1) is 12.3. The van der Waals surface area contributed by atoms with Crippen LogP contribution in [0, 0.1) is 10.1 Å². The smallest absolute Gasteiger partial charge is 0.314 e. The van der Waals surface area contributed by atoms with Crippen LogP contribution >= 0.6 is 11.3 Å². The zero-order valence-corrected chi connectivity index (χ0v) is 10.3. The molecule has 0 atom stereocenters. The third-order valence-electron chi connectivity index (χ3n) is 2.39. The summed E-state index contributed by atoms with van der Waals surface area (Å²) in [6.07, 6.45) is 2.46. The molecule has 0 spiro atoms. The van der Waals surface area contributed by atoms with Crippen LogP contribution in [0.2, 0.25) is 0 Å². The van der Waals surface area contributed by atoms with E-state index in [2.05, 4.69) is 10.3 Å². The molecule has 0 aliphatic rings. The Labute approximate surface area is 108 Å². The van der Waals surface area contributed by atoms with Gasteiger partial charge in [0.2, 0.25) is 0 Å². The van der Waals surface area contributed by atoms with Crippen LogP contribution in [0.1, 0.15) is 5.01 Å². The number of anilines is 2. The van der Waals surface area contributed by atoms with Gasteiger partial charge in [-0.25, -0.2) is 4.98 Å². The molecule has 6 nitrogen and oxygen atoms in total. The molecule has 0 unspecified atom stereocenters. The van der Waals surface area contributed by atoms with Gasteiger partial charge in [0.1, 0.15) is 11.4 Å². The molecular formula is C11H12N4O2S. The second-order valence-electron chi connectivity index (χ2n) is 3.60. The average molecular weight is 264 g/mol. The maximum absolute atomic E-state index is 10.9. The van der Waals surface area contributed by atoms with E-state index in [-0.39, 0.29) is 11.4 Å². The van der Waals surface area contributed by atoms with Crippen LogP contribution in [0.3, 0.4) is 0 Å². The number of thiazole rings is 1. The number of rotatable bonds is 5. The van der Waals surface area contributed by atoms with E-state index in [0.29, 0.717) is 12.2 Å². The van der Waals surface area contributed by atoms with E-state index in [1.807, 2.05) is 5.38 Å². The number of nitro benzene ring substituents is 1. The lowest BCUT2D eigenvalue weighted by Crippen LogP contribution is -2.08. The molecule has 0 aliphatic heterocycles. The minimum absolute atomic E-state index is 0.0726. The Morgan fingerprint density at radius 1 is 1.50 bits per heavy atom. The lowest BCUT2D eigenvalue weighted by molar-refractivity contribution is -0.383. The van der Waals surface area contributed by atoms with Gasteiger partial charge < -0.3 is 11.1 Å². The molecule has 7 heteroatoms. The molecule has 1 heterocycles. The quantitative estimate of drug-likeness (QED) is 0.491. The van der Waals surface area contributed by atoms with E-state index in [4.69, 9.17) is 5.73 Å². The molecule has 0 saturated carbocycles. The molecule has 2 aromatic rings. The number of nitrogens with zero attached hydrogens (tertiary/aromatic N) is 2. The van der Waals surface area contributed by atoms with Crippen LogP contribution in [0.15, 0.2) is 29.8 Å². The highest BCUT2D eigenvalue weighted by atomic mass is 32.1. The number of hydrogen-bond acceptors (Lipinski definition) is 6. The molecule has 18 heavy (non-hydrogen) atoms. The van der Waals surface area contributed by atoms with Gasteiger partial charge in [-0.2, -0.15) is 0 Å². The van der Waals surface area contributed by atoms with Gasteiger partial charge in [-0.05, 0) is 12.1 Å². The van der Waals surface area contributed by atoms with Crippen molar-refractivity contribution in [2.75, 3.05) is 17.6 Å². The highest BCUT2D eigenvalue weighted by Gasteiger charge is 2.16. The molecule has 0 bridgehead atoms. The van der Waals surface area contributed by atoms with E-state index in [0.717, 1.165) is 11.4 Å². The van der Waals surface area contributed by atoms with Crippen molar-refractivity contribution in [1.29, 1.82) is 0 Å². The Kier molecular flexibility index (Phi) is 3.73. The molecule has 0 aliphatic carbocycles. The lowest BCUT2D eigenvalue weighted by atomic mass is 10.2. The maximum atomic E-state index is 10.9. The molecular weight excluding hydrogens is 252 g/mol. The van der Waals surface area contributed by atoms with Crippen LogP contribution in [0.25, 0.3) is 0 Å². The van der Waals surface area contributed by atoms with Gasteiger partial charge >= 0.3 is 5.69 Å². The molecule has 3 N–H and O–H groups in total. The second-order valence-corrected chi connectivity index (χ2v) is 4.58. The zero-order chi connectivity index (χ0) is 13.0. The second kappa shape index (κ2) is 5.46. The van der Waals surface area contributed by atoms with Crippen LogP contribution < -0.4 is 11.1 Å². The van der Waals surface area contributed by atoms with Crippen LogP contribution in [0.4, 0.5) is 17.1 Å². The van der Waals surface area contributed by atoms with Crippen molar-refractivity contribution in [2.45, 2.75) is 6.42 Å². The van der Waals surface area contributed by atoms with Gasteiger partial charge in [-0.1, -0.05) is 6.07 Å². The third-order valence-corrected chi connectivity index (χ3v) is 3.23. The summed E-state index contributed by atoms with van der Waals surface area (Å²) in [7, 11) is 0. The number of benzene rings is 1. The van der Waals surface area contributed by atoms with E-state index in [9.17, 15) is 10.1 Å². The van der Waals surface area contributed by atoms with E-state index < -0.39 is 4.92 Å². The van der Waals surface area contributed by atoms with Gasteiger partial charge in [0.15, 0.2) is 0 Å². The average Bonchev–Trinajstić information content (AvgIpc) is 2.81. The predicted molar refractivity (Wildman–Crippen MR) is 71.8 cm³/mol.